The zero-order valence-electron chi connectivity index (χ0n) is 10.4. The lowest BCUT2D eigenvalue weighted by molar-refractivity contribution is -0.117. The molecule has 0 saturated carbocycles. The number of ketones is 1. The molecule has 1 aromatic rings. The number of carbonyl (C=O) groups is 1. The highest BCUT2D eigenvalue weighted by atomic mass is 32.2. The summed E-state index contributed by atoms with van der Waals surface area (Å²) in [7, 11) is -3.45. The molecule has 1 unspecified atom stereocenters. The van der Waals surface area contributed by atoms with E-state index in [1.807, 2.05) is 0 Å². The van der Waals surface area contributed by atoms with Crippen LogP contribution in [0.4, 0.5) is 0 Å². The largest absolute Gasteiger partial charge is 0.300 e. The number of nitrogens with zero attached hydrogens (tertiary/aromatic N) is 1. The standard InChI is InChI=1S/C13H17NO3S/c1-11(15)10-12-6-5-9-14(12)18(16,17)13-7-3-2-4-8-13/h2-4,7-8,12H,5-6,9-10H2,1H3. The Morgan fingerprint density at radius 1 is 1.33 bits per heavy atom. The first-order chi connectivity index (χ1) is 8.51. The van der Waals surface area contributed by atoms with Crippen molar-refractivity contribution >= 4 is 15.8 Å². The molecule has 0 aliphatic carbocycles. The quantitative estimate of drug-likeness (QED) is 0.836. The van der Waals surface area contributed by atoms with Crippen molar-refractivity contribution in [1.82, 2.24) is 4.31 Å². The maximum Gasteiger partial charge on any atom is 0.243 e. The van der Waals surface area contributed by atoms with Crippen LogP contribution in [0.3, 0.4) is 0 Å². The zero-order chi connectivity index (χ0) is 13.2. The average molecular weight is 267 g/mol. The number of hydrogen-bond acceptors (Lipinski definition) is 3. The molecule has 1 aliphatic heterocycles. The van der Waals surface area contributed by atoms with E-state index < -0.39 is 10.0 Å². The summed E-state index contributed by atoms with van der Waals surface area (Å²) in [5, 5.41) is 0. The molecule has 0 amide bonds. The van der Waals surface area contributed by atoms with Crippen LogP contribution in [0.25, 0.3) is 0 Å². The summed E-state index contributed by atoms with van der Waals surface area (Å²) in [5.41, 5.74) is 0. The van der Waals surface area contributed by atoms with Crippen molar-refractivity contribution < 1.29 is 13.2 Å². The van der Waals surface area contributed by atoms with Crippen molar-refractivity contribution in [2.45, 2.75) is 37.1 Å². The highest BCUT2D eigenvalue weighted by Gasteiger charge is 2.35. The van der Waals surface area contributed by atoms with Gasteiger partial charge in [0.25, 0.3) is 0 Å². The lowest BCUT2D eigenvalue weighted by Gasteiger charge is -2.23. The molecule has 1 aromatic carbocycles. The van der Waals surface area contributed by atoms with Crippen LogP contribution in [-0.2, 0) is 14.8 Å². The van der Waals surface area contributed by atoms with Crippen LogP contribution in [0, 0.1) is 0 Å². The van der Waals surface area contributed by atoms with Crippen molar-refractivity contribution in [3.63, 3.8) is 0 Å². The minimum atomic E-state index is -3.45. The predicted octanol–water partition coefficient (Wildman–Crippen LogP) is 1.82. The molecule has 0 aromatic heterocycles. The third kappa shape index (κ3) is 2.62. The van der Waals surface area contributed by atoms with Crippen molar-refractivity contribution in [3.05, 3.63) is 30.3 Å². The second-order valence-corrected chi connectivity index (χ2v) is 6.52. The van der Waals surface area contributed by atoms with Gasteiger partial charge in [0.15, 0.2) is 0 Å². The van der Waals surface area contributed by atoms with Gasteiger partial charge in [0.2, 0.25) is 10.0 Å². The Morgan fingerprint density at radius 2 is 2.00 bits per heavy atom. The van der Waals surface area contributed by atoms with Gasteiger partial charge in [-0.15, -0.1) is 0 Å². The number of benzene rings is 1. The van der Waals surface area contributed by atoms with Crippen LogP contribution in [-0.4, -0.2) is 31.1 Å². The number of carbonyl (C=O) groups excluding carboxylic acids is 1. The summed E-state index contributed by atoms with van der Waals surface area (Å²) in [6.45, 7) is 2.01. The van der Waals surface area contributed by atoms with E-state index in [9.17, 15) is 13.2 Å². The van der Waals surface area contributed by atoms with Crippen molar-refractivity contribution in [1.29, 1.82) is 0 Å². The number of hydrogen-bond donors (Lipinski definition) is 0. The zero-order valence-corrected chi connectivity index (χ0v) is 11.2. The molecule has 0 bridgehead atoms. The third-order valence-electron chi connectivity index (χ3n) is 3.20. The van der Waals surface area contributed by atoms with Crippen molar-refractivity contribution in [2.75, 3.05) is 6.54 Å². The molecule has 1 fully saturated rings. The molecule has 2 rings (SSSR count). The molecule has 0 radical (unpaired) electrons. The van der Waals surface area contributed by atoms with E-state index in [2.05, 4.69) is 0 Å². The monoisotopic (exact) mass is 267 g/mol. The SMILES string of the molecule is CC(=O)CC1CCCN1S(=O)(=O)c1ccccc1. The number of rotatable bonds is 4. The van der Waals surface area contributed by atoms with Gasteiger partial charge in [-0.05, 0) is 31.9 Å². The average Bonchev–Trinajstić information content (AvgIpc) is 2.78. The Morgan fingerprint density at radius 3 is 2.61 bits per heavy atom. The second-order valence-electron chi connectivity index (χ2n) is 4.63. The fourth-order valence-corrected chi connectivity index (χ4v) is 4.10. The molecule has 1 saturated heterocycles. The van der Waals surface area contributed by atoms with E-state index in [0.717, 1.165) is 12.8 Å². The maximum atomic E-state index is 12.4. The molecule has 18 heavy (non-hydrogen) atoms. The van der Waals surface area contributed by atoms with Crippen LogP contribution in [0.5, 0.6) is 0 Å². The van der Waals surface area contributed by atoms with Crippen molar-refractivity contribution in [3.8, 4) is 0 Å². The molecular formula is C13H17NO3S. The van der Waals surface area contributed by atoms with Crippen LogP contribution >= 0.6 is 0 Å². The fraction of sp³-hybridized carbons (Fsp3) is 0.462. The molecule has 1 aliphatic rings. The Hall–Kier alpha value is -1.20. The smallest absolute Gasteiger partial charge is 0.243 e. The van der Waals surface area contributed by atoms with Crippen molar-refractivity contribution in [2.24, 2.45) is 0 Å². The van der Waals surface area contributed by atoms with Crippen LogP contribution in [0.2, 0.25) is 0 Å². The Bertz CT molecular complexity index is 524. The molecule has 0 spiro atoms. The predicted molar refractivity (Wildman–Crippen MR) is 68.7 cm³/mol. The highest BCUT2D eigenvalue weighted by Crippen LogP contribution is 2.27. The molecule has 98 valence electrons. The minimum absolute atomic E-state index is 0.0372. The first kappa shape index (κ1) is 13.2. The first-order valence-electron chi connectivity index (χ1n) is 6.08. The van der Waals surface area contributed by atoms with Gasteiger partial charge in [-0.25, -0.2) is 8.42 Å². The molecular weight excluding hydrogens is 250 g/mol. The van der Waals surface area contributed by atoms with Gasteiger partial charge in [0.1, 0.15) is 5.78 Å². The topological polar surface area (TPSA) is 54.5 Å². The Labute approximate surface area is 108 Å². The third-order valence-corrected chi connectivity index (χ3v) is 5.16. The second kappa shape index (κ2) is 5.20. The van der Waals surface area contributed by atoms with Gasteiger partial charge in [-0.1, -0.05) is 18.2 Å². The molecule has 1 heterocycles. The summed E-state index contributed by atoms with van der Waals surface area (Å²) in [4.78, 5) is 11.5. The maximum absolute atomic E-state index is 12.4. The van der Waals surface area contributed by atoms with Crippen LogP contribution in [0.15, 0.2) is 35.2 Å². The number of sulfonamides is 1. The summed E-state index contributed by atoms with van der Waals surface area (Å²) in [6, 6.07) is 8.23. The van der Waals surface area contributed by atoms with E-state index in [4.69, 9.17) is 0 Å². The number of Topliss-reactive ketones (excluding diaryl/α,β-unsaturated/α-hetero) is 1. The van der Waals surface area contributed by atoms with E-state index in [1.54, 1.807) is 30.3 Å². The van der Waals surface area contributed by atoms with E-state index in [0.29, 0.717) is 17.9 Å². The summed E-state index contributed by atoms with van der Waals surface area (Å²) in [5.74, 6) is 0.0372. The van der Waals surface area contributed by atoms with Crippen LogP contribution in [0.1, 0.15) is 26.2 Å². The van der Waals surface area contributed by atoms with Gasteiger partial charge >= 0.3 is 0 Å². The van der Waals surface area contributed by atoms with Crippen LogP contribution < -0.4 is 0 Å². The van der Waals surface area contributed by atoms with Gasteiger partial charge in [0, 0.05) is 19.0 Å². The van der Waals surface area contributed by atoms with Gasteiger partial charge in [0.05, 0.1) is 4.90 Å². The van der Waals surface area contributed by atoms with Gasteiger partial charge in [-0.3, -0.25) is 4.79 Å². The fourth-order valence-electron chi connectivity index (χ4n) is 2.39. The lowest BCUT2D eigenvalue weighted by Crippen LogP contribution is -2.36. The molecule has 0 N–H and O–H groups in total. The normalized spacial score (nSPS) is 21.1. The Balaban J connectivity index is 2.27. The Kier molecular flexibility index (Phi) is 3.82. The van der Waals surface area contributed by atoms with E-state index in [-0.39, 0.29) is 11.8 Å². The minimum Gasteiger partial charge on any atom is -0.300 e. The molecule has 1 atom stereocenters. The first-order valence-corrected chi connectivity index (χ1v) is 7.52. The molecule has 5 heteroatoms. The summed E-state index contributed by atoms with van der Waals surface area (Å²) >= 11 is 0. The van der Waals surface area contributed by atoms with Gasteiger partial charge in [-0.2, -0.15) is 4.31 Å². The van der Waals surface area contributed by atoms with E-state index >= 15 is 0 Å². The van der Waals surface area contributed by atoms with E-state index in [1.165, 1.54) is 11.2 Å². The van der Waals surface area contributed by atoms with Gasteiger partial charge < -0.3 is 0 Å². The highest BCUT2D eigenvalue weighted by molar-refractivity contribution is 7.89. The summed E-state index contributed by atoms with van der Waals surface area (Å²) in [6.07, 6.45) is 1.90. The lowest BCUT2D eigenvalue weighted by atomic mass is 10.1. The molecule has 4 nitrogen and oxygen atoms in total. The summed E-state index contributed by atoms with van der Waals surface area (Å²) < 4.78 is 26.4.